The Bertz CT molecular complexity index is 778. The van der Waals surface area contributed by atoms with Crippen molar-refractivity contribution in [3.8, 4) is 0 Å². The van der Waals surface area contributed by atoms with Gasteiger partial charge in [0.05, 0.1) is 19.4 Å². The number of nitrogens with zero attached hydrogens (tertiary/aromatic N) is 2. The molecule has 0 unspecified atom stereocenters. The molecule has 1 amide bonds. The van der Waals surface area contributed by atoms with Crippen molar-refractivity contribution in [2.45, 2.75) is 30.9 Å². The van der Waals surface area contributed by atoms with Crippen molar-refractivity contribution >= 4 is 45.9 Å². The molecule has 3 N–H and O–H groups in total. The van der Waals surface area contributed by atoms with Gasteiger partial charge in [0, 0.05) is 26.2 Å². The number of carbonyl (C=O) groups excluding carboxylic acids is 1. The van der Waals surface area contributed by atoms with Gasteiger partial charge in [0.25, 0.3) is 0 Å². The molecule has 0 aromatic carbocycles. The Balaban J connectivity index is 0.00000420. The van der Waals surface area contributed by atoms with Crippen molar-refractivity contribution in [2.75, 3.05) is 26.7 Å². The van der Waals surface area contributed by atoms with Crippen molar-refractivity contribution in [3.05, 3.63) is 24.2 Å². The largest absolute Gasteiger partial charge is 0.511 e. The van der Waals surface area contributed by atoms with E-state index in [1.165, 1.54) is 13.3 Å². The number of aliphatic imine (C=N–C) groups is 1. The summed E-state index contributed by atoms with van der Waals surface area (Å²) >= 11 is 0. The summed E-state index contributed by atoms with van der Waals surface area (Å²) in [5.41, 5.74) is -5.30. The quantitative estimate of drug-likeness (QED) is 0.275. The molecule has 1 saturated heterocycles. The van der Waals surface area contributed by atoms with Gasteiger partial charge < -0.3 is 20.4 Å². The number of halogens is 4. The van der Waals surface area contributed by atoms with Crippen molar-refractivity contribution in [2.24, 2.45) is 4.99 Å². The standard InChI is InChI=1S/C15H22F3N5O4S.HI/c1-19-14(21-10-13(24)20-9-12-3-2-8-27-12)22-11-4-6-23(7-5-11)28(25,26)15(16,17)18;/h2-3,8,11H,4-7,9-10H2,1H3,(H,20,24)(H2,19,21,22);1H. The summed E-state index contributed by atoms with van der Waals surface area (Å²) < 4.78 is 66.1. The van der Waals surface area contributed by atoms with E-state index in [-0.39, 0.29) is 74.9 Å². The number of rotatable bonds is 6. The molecule has 2 rings (SSSR count). The minimum absolute atomic E-state index is 0. The lowest BCUT2D eigenvalue weighted by molar-refractivity contribution is -0.120. The summed E-state index contributed by atoms with van der Waals surface area (Å²) in [7, 11) is -3.82. The number of hydrogen-bond donors (Lipinski definition) is 3. The van der Waals surface area contributed by atoms with Gasteiger partial charge in [-0.25, -0.2) is 8.42 Å². The van der Waals surface area contributed by atoms with Crippen LogP contribution in [-0.4, -0.2) is 62.8 Å². The lowest BCUT2D eigenvalue weighted by Crippen LogP contribution is -2.52. The van der Waals surface area contributed by atoms with Crippen LogP contribution in [0.2, 0.25) is 0 Å². The zero-order chi connectivity index (χ0) is 20.8. The van der Waals surface area contributed by atoms with E-state index in [9.17, 15) is 26.4 Å². The van der Waals surface area contributed by atoms with E-state index in [1.807, 2.05) is 0 Å². The summed E-state index contributed by atoms with van der Waals surface area (Å²) in [4.78, 5) is 15.8. The molecular weight excluding hydrogens is 530 g/mol. The number of nitrogens with one attached hydrogen (secondary N) is 3. The SMILES string of the molecule is CN=C(NCC(=O)NCc1ccco1)NC1CCN(S(=O)(=O)C(F)(F)F)CC1.I. The normalized spacial score (nSPS) is 16.8. The molecule has 1 fully saturated rings. The first-order valence-electron chi connectivity index (χ1n) is 8.46. The average molecular weight is 553 g/mol. The molecule has 0 spiro atoms. The molecule has 0 atom stereocenters. The third-order valence-corrected chi connectivity index (χ3v) is 5.74. The number of piperidine rings is 1. The summed E-state index contributed by atoms with van der Waals surface area (Å²) in [6, 6.07) is 3.16. The highest BCUT2D eigenvalue weighted by atomic mass is 127. The van der Waals surface area contributed by atoms with Gasteiger partial charge in [-0.2, -0.15) is 17.5 Å². The lowest BCUT2D eigenvalue weighted by Gasteiger charge is -2.32. The monoisotopic (exact) mass is 553 g/mol. The molecule has 29 heavy (non-hydrogen) atoms. The summed E-state index contributed by atoms with van der Waals surface area (Å²) in [5.74, 6) is 0.604. The number of carbonyl (C=O) groups is 1. The first kappa shape index (κ1) is 25.5. The molecule has 1 aromatic rings. The number of sulfonamides is 1. The average Bonchev–Trinajstić information content (AvgIpc) is 3.16. The van der Waals surface area contributed by atoms with Crippen molar-refractivity contribution in [1.82, 2.24) is 20.3 Å². The third kappa shape index (κ3) is 7.33. The van der Waals surface area contributed by atoms with E-state index >= 15 is 0 Å². The van der Waals surface area contributed by atoms with Crippen LogP contribution in [0.4, 0.5) is 13.2 Å². The Kier molecular flexibility index (Phi) is 9.67. The molecule has 9 nitrogen and oxygen atoms in total. The Labute approximate surface area is 183 Å². The van der Waals surface area contributed by atoms with Crippen LogP contribution in [0.1, 0.15) is 18.6 Å². The van der Waals surface area contributed by atoms with Crippen LogP contribution < -0.4 is 16.0 Å². The van der Waals surface area contributed by atoms with Crippen molar-refractivity contribution < 1.29 is 30.8 Å². The summed E-state index contributed by atoms with van der Waals surface area (Å²) in [5, 5.41) is 8.42. The second kappa shape index (κ2) is 11.0. The molecule has 1 aromatic heterocycles. The fourth-order valence-electron chi connectivity index (χ4n) is 2.60. The van der Waals surface area contributed by atoms with Gasteiger partial charge in [0.15, 0.2) is 5.96 Å². The van der Waals surface area contributed by atoms with Crippen LogP contribution in [0.25, 0.3) is 0 Å². The fraction of sp³-hybridized carbons (Fsp3) is 0.600. The summed E-state index contributed by atoms with van der Waals surface area (Å²) in [6.07, 6.45) is 1.86. The number of hydrogen-bond acceptors (Lipinski definition) is 5. The smallest absolute Gasteiger partial charge is 0.467 e. The van der Waals surface area contributed by atoms with Crippen LogP contribution in [0, 0.1) is 0 Å². The Morgan fingerprint density at radius 1 is 1.31 bits per heavy atom. The molecule has 0 saturated carbocycles. The molecule has 0 aliphatic carbocycles. The van der Waals surface area contributed by atoms with E-state index in [1.54, 1.807) is 12.1 Å². The Morgan fingerprint density at radius 2 is 1.97 bits per heavy atom. The number of furan rings is 1. The van der Waals surface area contributed by atoms with Crippen LogP contribution in [0.3, 0.4) is 0 Å². The predicted octanol–water partition coefficient (Wildman–Crippen LogP) is 0.993. The second-order valence-corrected chi connectivity index (χ2v) is 7.98. The first-order chi connectivity index (χ1) is 13.1. The first-order valence-corrected chi connectivity index (χ1v) is 9.90. The summed E-state index contributed by atoms with van der Waals surface area (Å²) in [6.45, 7) is -0.326. The molecule has 1 aliphatic rings. The van der Waals surface area contributed by atoms with E-state index < -0.39 is 15.5 Å². The Morgan fingerprint density at radius 3 is 2.48 bits per heavy atom. The minimum Gasteiger partial charge on any atom is -0.467 e. The maximum absolute atomic E-state index is 12.6. The molecule has 1 aliphatic heterocycles. The Hall–Kier alpha value is -1.55. The van der Waals surface area contributed by atoms with Gasteiger partial charge in [-0.3, -0.25) is 9.79 Å². The maximum atomic E-state index is 12.6. The molecule has 0 radical (unpaired) electrons. The van der Waals surface area contributed by atoms with Crippen LogP contribution in [-0.2, 0) is 21.4 Å². The number of amides is 1. The highest BCUT2D eigenvalue weighted by Gasteiger charge is 2.50. The van der Waals surface area contributed by atoms with Gasteiger partial charge in [0.1, 0.15) is 5.76 Å². The highest BCUT2D eigenvalue weighted by Crippen LogP contribution is 2.28. The van der Waals surface area contributed by atoms with Crippen LogP contribution in [0.5, 0.6) is 0 Å². The maximum Gasteiger partial charge on any atom is 0.511 e. The zero-order valence-corrected chi connectivity index (χ0v) is 18.7. The lowest BCUT2D eigenvalue weighted by atomic mass is 10.1. The molecule has 2 heterocycles. The van der Waals surface area contributed by atoms with E-state index in [4.69, 9.17) is 4.42 Å². The van der Waals surface area contributed by atoms with Gasteiger partial charge in [-0.15, -0.1) is 24.0 Å². The highest BCUT2D eigenvalue weighted by molar-refractivity contribution is 14.0. The molecular formula is C15H23F3IN5O4S. The van der Waals surface area contributed by atoms with Crippen molar-refractivity contribution in [3.63, 3.8) is 0 Å². The van der Waals surface area contributed by atoms with Crippen LogP contribution >= 0.6 is 24.0 Å². The minimum atomic E-state index is -5.30. The van der Waals surface area contributed by atoms with Crippen LogP contribution in [0.15, 0.2) is 27.8 Å². The number of guanidine groups is 1. The van der Waals surface area contributed by atoms with Gasteiger partial charge in [-0.1, -0.05) is 0 Å². The van der Waals surface area contributed by atoms with Gasteiger partial charge >= 0.3 is 15.5 Å². The zero-order valence-electron chi connectivity index (χ0n) is 15.5. The van der Waals surface area contributed by atoms with Gasteiger partial charge in [0.2, 0.25) is 5.91 Å². The second-order valence-electron chi connectivity index (χ2n) is 6.05. The topological polar surface area (TPSA) is 116 Å². The predicted molar refractivity (Wildman–Crippen MR) is 110 cm³/mol. The molecule has 0 bridgehead atoms. The van der Waals surface area contributed by atoms with E-state index in [0.717, 1.165) is 0 Å². The van der Waals surface area contributed by atoms with Crippen molar-refractivity contribution in [1.29, 1.82) is 0 Å². The van der Waals surface area contributed by atoms with Gasteiger partial charge in [-0.05, 0) is 25.0 Å². The van der Waals surface area contributed by atoms with E-state index in [2.05, 4.69) is 20.9 Å². The molecule has 166 valence electrons. The molecule has 14 heteroatoms. The third-order valence-electron chi connectivity index (χ3n) is 4.11. The number of alkyl halides is 3. The van der Waals surface area contributed by atoms with E-state index in [0.29, 0.717) is 16.0 Å². The fourth-order valence-corrected chi connectivity index (χ4v) is 3.58.